The highest BCUT2D eigenvalue weighted by Crippen LogP contribution is 2.27. The molecule has 2 aromatic carbocycles. The number of nitrogens with zero attached hydrogens (tertiary/aromatic N) is 1. The maximum absolute atomic E-state index is 14.1. The first-order valence-corrected chi connectivity index (χ1v) is 6.24. The van der Waals surface area contributed by atoms with E-state index in [-0.39, 0.29) is 11.4 Å². The molecule has 3 N–H and O–H groups in total. The Labute approximate surface area is 114 Å². The van der Waals surface area contributed by atoms with Gasteiger partial charge in [-0.1, -0.05) is 12.1 Å². The molecule has 0 aliphatic heterocycles. The number of hydrogen-bond donors (Lipinski definition) is 2. The van der Waals surface area contributed by atoms with Gasteiger partial charge in [0.15, 0.2) is 0 Å². The highest BCUT2D eigenvalue weighted by molar-refractivity contribution is 5.80. The van der Waals surface area contributed by atoms with Crippen molar-refractivity contribution in [3.8, 4) is 11.4 Å². The maximum Gasteiger partial charge on any atom is 0.144 e. The zero-order valence-corrected chi connectivity index (χ0v) is 10.9. The molecule has 0 radical (unpaired) electrons. The van der Waals surface area contributed by atoms with E-state index in [0.717, 1.165) is 5.56 Å². The van der Waals surface area contributed by atoms with Crippen LogP contribution in [0.25, 0.3) is 22.4 Å². The van der Waals surface area contributed by atoms with Gasteiger partial charge in [-0.25, -0.2) is 13.8 Å². The molecule has 0 aliphatic rings. The van der Waals surface area contributed by atoms with Crippen LogP contribution in [0.3, 0.4) is 0 Å². The second-order valence-electron chi connectivity index (χ2n) is 4.69. The number of nitrogens with two attached hydrogens (primary N) is 1. The molecule has 1 heterocycles. The number of nitrogens with one attached hydrogen (secondary N) is 1. The van der Waals surface area contributed by atoms with Gasteiger partial charge in [-0.15, -0.1) is 0 Å². The van der Waals surface area contributed by atoms with Gasteiger partial charge in [0.25, 0.3) is 0 Å². The van der Waals surface area contributed by atoms with Crippen molar-refractivity contribution in [2.45, 2.75) is 13.5 Å². The fourth-order valence-corrected chi connectivity index (χ4v) is 2.18. The highest BCUT2D eigenvalue weighted by Gasteiger charge is 2.17. The minimum atomic E-state index is -0.633. The molecule has 5 heteroatoms. The summed E-state index contributed by atoms with van der Waals surface area (Å²) < 4.78 is 28.0. The van der Waals surface area contributed by atoms with Gasteiger partial charge >= 0.3 is 0 Å². The van der Waals surface area contributed by atoms with E-state index in [1.165, 1.54) is 12.1 Å². The molecular weight excluding hydrogens is 260 g/mol. The first kappa shape index (κ1) is 12.7. The molecule has 0 fully saturated rings. The van der Waals surface area contributed by atoms with Crippen molar-refractivity contribution in [2.24, 2.45) is 5.73 Å². The van der Waals surface area contributed by atoms with Crippen LogP contribution >= 0.6 is 0 Å². The maximum atomic E-state index is 14.1. The van der Waals surface area contributed by atoms with Crippen molar-refractivity contribution >= 4 is 11.0 Å². The standard InChI is InChI=1S/C15H13F2N3/c1-8-2-4-10(16)13(14(8)17)15-19-11-5-3-9(7-18)6-12(11)20-15/h2-6H,7,18H2,1H3,(H,19,20). The van der Waals surface area contributed by atoms with Crippen LogP contribution in [0.5, 0.6) is 0 Å². The Morgan fingerprint density at radius 3 is 2.75 bits per heavy atom. The number of aryl methyl sites for hydroxylation is 1. The van der Waals surface area contributed by atoms with Gasteiger partial charge in [-0.3, -0.25) is 0 Å². The quantitative estimate of drug-likeness (QED) is 0.753. The molecule has 102 valence electrons. The summed E-state index contributed by atoms with van der Waals surface area (Å²) in [5, 5.41) is 0. The molecule has 20 heavy (non-hydrogen) atoms. The van der Waals surface area contributed by atoms with Gasteiger partial charge in [0.05, 0.1) is 16.6 Å². The molecule has 1 aromatic heterocycles. The van der Waals surface area contributed by atoms with Crippen LogP contribution in [0, 0.1) is 18.6 Å². The molecule has 3 nitrogen and oxygen atoms in total. The Balaban J connectivity index is 2.22. The van der Waals surface area contributed by atoms with Gasteiger partial charge in [0, 0.05) is 6.54 Å². The van der Waals surface area contributed by atoms with Crippen LogP contribution in [-0.2, 0) is 6.54 Å². The minimum Gasteiger partial charge on any atom is -0.338 e. The van der Waals surface area contributed by atoms with E-state index < -0.39 is 11.6 Å². The molecule has 0 aliphatic carbocycles. The SMILES string of the molecule is Cc1ccc(F)c(-c2nc3ccc(CN)cc3[nH]2)c1F. The average molecular weight is 273 g/mol. The Morgan fingerprint density at radius 1 is 1.20 bits per heavy atom. The Bertz CT molecular complexity index is 793. The Morgan fingerprint density at radius 2 is 2.00 bits per heavy atom. The summed E-state index contributed by atoms with van der Waals surface area (Å²) >= 11 is 0. The lowest BCUT2D eigenvalue weighted by molar-refractivity contribution is 0.582. The summed E-state index contributed by atoms with van der Waals surface area (Å²) in [6, 6.07) is 8.10. The Hall–Kier alpha value is -2.27. The van der Waals surface area contributed by atoms with Crippen LogP contribution in [-0.4, -0.2) is 9.97 Å². The molecular formula is C15H13F2N3. The van der Waals surface area contributed by atoms with Crippen LogP contribution in [0.1, 0.15) is 11.1 Å². The van der Waals surface area contributed by atoms with Gasteiger partial charge in [-0.05, 0) is 36.2 Å². The number of halogens is 2. The number of fused-ring (bicyclic) bond motifs is 1. The molecule has 0 amide bonds. The van der Waals surface area contributed by atoms with E-state index in [4.69, 9.17) is 5.73 Å². The van der Waals surface area contributed by atoms with E-state index in [1.54, 1.807) is 13.0 Å². The minimum absolute atomic E-state index is 0.129. The molecule has 0 unspecified atom stereocenters. The van der Waals surface area contributed by atoms with Crippen molar-refractivity contribution in [3.05, 3.63) is 53.1 Å². The molecule has 0 saturated heterocycles. The predicted molar refractivity (Wildman–Crippen MR) is 74.1 cm³/mol. The fraction of sp³-hybridized carbons (Fsp3) is 0.133. The van der Waals surface area contributed by atoms with Crippen LogP contribution in [0.4, 0.5) is 8.78 Å². The smallest absolute Gasteiger partial charge is 0.144 e. The van der Waals surface area contributed by atoms with E-state index >= 15 is 0 Å². The van der Waals surface area contributed by atoms with Crippen molar-refractivity contribution in [2.75, 3.05) is 0 Å². The van der Waals surface area contributed by atoms with Crippen LogP contribution in [0.2, 0.25) is 0 Å². The third-order valence-corrected chi connectivity index (χ3v) is 3.30. The number of rotatable bonds is 2. The summed E-state index contributed by atoms with van der Waals surface area (Å²) in [7, 11) is 0. The molecule has 3 aromatic rings. The second kappa shape index (κ2) is 4.68. The van der Waals surface area contributed by atoms with Crippen LogP contribution < -0.4 is 5.73 Å². The predicted octanol–water partition coefficient (Wildman–Crippen LogP) is 3.28. The van der Waals surface area contributed by atoms with Crippen molar-refractivity contribution in [1.29, 1.82) is 0 Å². The topological polar surface area (TPSA) is 54.7 Å². The van der Waals surface area contributed by atoms with Crippen LogP contribution in [0.15, 0.2) is 30.3 Å². The number of benzene rings is 2. The monoisotopic (exact) mass is 273 g/mol. The summed E-state index contributed by atoms with van der Waals surface area (Å²) in [6.45, 7) is 1.99. The normalized spacial score (nSPS) is 11.2. The zero-order valence-electron chi connectivity index (χ0n) is 10.9. The lowest BCUT2D eigenvalue weighted by Crippen LogP contribution is -1.95. The number of H-pyrrole nitrogens is 1. The Kier molecular flexibility index (Phi) is 2.99. The van der Waals surface area contributed by atoms with E-state index in [0.29, 0.717) is 23.1 Å². The first-order chi connectivity index (χ1) is 9.60. The first-order valence-electron chi connectivity index (χ1n) is 6.24. The third kappa shape index (κ3) is 1.96. The van der Waals surface area contributed by atoms with Gasteiger partial charge < -0.3 is 10.7 Å². The summed E-state index contributed by atoms with van der Waals surface area (Å²) in [4.78, 5) is 7.19. The zero-order chi connectivity index (χ0) is 14.3. The largest absolute Gasteiger partial charge is 0.338 e. The third-order valence-electron chi connectivity index (χ3n) is 3.30. The number of aromatic nitrogens is 2. The summed E-state index contributed by atoms with van der Waals surface area (Å²) in [5.74, 6) is -1.04. The fourth-order valence-electron chi connectivity index (χ4n) is 2.18. The van der Waals surface area contributed by atoms with Gasteiger partial charge in [0.2, 0.25) is 0 Å². The highest BCUT2D eigenvalue weighted by atomic mass is 19.1. The van der Waals surface area contributed by atoms with Gasteiger partial charge in [-0.2, -0.15) is 0 Å². The van der Waals surface area contributed by atoms with Crippen molar-refractivity contribution < 1.29 is 8.78 Å². The van der Waals surface area contributed by atoms with E-state index in [2.05, 4.69) is 9.97 Å². The van der Waals surface area contributed by atoms with E-state index in [9.17, 15) is 8.78 Å². The van der Waals surface area contributed by atoms with Crippen molar-refractivity contribution in [3.63, 3.8) is 0 Å². The number of aromatic amines is 1. The molecule has 0 bridgehead atoms. The summed E-state index contributed by atoms with van der Waals surface area (Å²) in [5.41, 5.74) is 8.11. The van der Waals surface area contributed by atoms with Gasteiger partial charge in [0.1, 0.15) is 17.5 Å². The molecule has 0 atom stereocenters. The van der Waals surface area contributed by atoms with Crippen molar-refractivity contribution in [1.82, 2.24) is 9.97 Å². The summed E-state index contributed by atoms with van der Waals surface area (Å²) in [6.07, 6.45) is 0. The van der Waals surface area contributed by atoms with E-state index in [1.807, 2.05) is 12.1 Å². The molecule has 0 spiro atoms. The second-order valence-corrected chi connectivity index (χ2v) is 4.69. The average Bonchev–Trinajstić information content (AvgIpc) is 2.85. The lowest BCUT2D eigenvalue weighted by atomic mass is 10.1. The molecule has 3 rings (SSSR count). The number of imidazole rings is 1. The number of hydrogen-bond acceptors (Lipinski definition) is 2. The lowest BCUT2D eigenvalue weighted by Gasteiger charge is -2.03. The molecule has 0 saturated carbocycles.